The van der Waals surface area contributed by atoms with Gasteiger partial charge in [0, 0.05) is 36.7 Å². The number of benzene rings is 2. The Bertz CT molecular complexity index is 1240. The maximum atomic E-state index is 13.3. The Morgan fingerprint density at radius 2 is 1.97 bits per heavy atom. The first-order chi connectivity index (χ1) is 15.7. The van der Waals surface area contributed by atoms with Gasteiger partial charge in [-0.05, 0) is 30.4 Å². The molecule has 32 heavy (non-hydrogen) atoms. The fourth-order valence-corrected chi connectivity index (χ4v) is 4.43. The number of rotatable bonds is 5. The zero-order valence-corrected chi connectivity index (χ0v) is 18.0. The molecule has 0 spiro atoms. The lowest BCUT2D eigenvalue weighted by Gasteiger charge is -2.31. The Morgan fingerprint density at radius 1 is 1.12 bits per heavy atom. The number of hydrogen-bond acceptors (Lipinski definition) is 5. The number of carbonyl (C=O) groups is 1. The van der Waals surface area contributed by atoms with Crippen LogP contribution < -0.4 is 4.74 Å². The normalized spacial score (nSPS) is 16.3. The number of likely N-dealkylation sites (tertiary alicyclic amines) is 1. The van der Waals surface area contributed by atoms with Crippen LogP contribution in [0.5, 0.6) is 5.75 Å². The molecule has 6 heteroatoms. The van der Waals surface area contributed by atoms with Crippen LogP contribution in [0, 0.1) is 0 Å². The molecular weight excluding hydrogens is 402 g/mol. The van der Waals surface area contributed by atoms with Crippen molar-refractivity contribution in [3.05, 3.63) is 89.9 Å². The largest absolute Gasteiger partial charge is 0.496 e. The van der Waals surface area contributed by atoms with Crippen molar-refractivity contribution in [2.45, 2.75) is 25.2 Å². The number of piperidine rings is 1. The van der Waals surface area contributed by atoms with Crippen LogP contribution in [0.4, 0.5) is 0 Å². The Kier molecular flexibility index (Phi) is 5.58. The number of para-hydroxylation sites is 1. The van der Waals surface area contributed by atoms with Gasteiger partial charge in [-0.2, -0.15) is 0 Å². The van der Waals surface area contributed by atoms with E-state index in [1.54, 1.807) is 19.5 Å². The average Bonchev–Trinajstić information content (AvgIpc) is 3.32. The van der Waals surface area contributed by atoms with Crippen LogP contribution in [0.1, 0.15) is 46.5 Å². The van der Waals surface area contributed by atoms with Crippen molar-refractivity contribution < 1.29 is 13.9 Å². The highest BCUT2D eigenvalue weighted by Crippen LogP contribution is 2.29. The predicted octanol–water partition coefficient (Wildman–Crippen LogP) is 4.84. The van der Waals surface area contributed by atoms with Crippen molar-refractivity contribution in [2.24, 2.45) is 0 Å². The highest BCUT2D eigenvalue weighted by molar-refractivity contribution is 6.05. The van der Waals surface area contributed by atoms with Gasteiger partial charge in [0.1, 0.15) is 17.2 Å². The molecule has 0 N–H and O–H groups in total. The quantitative estimate of drug-likeness (QED) is 0.456. The van der Waals surface area contributed by atoms with Crippen molar-refractivity contribution in [3.63, 3.8) is 0 Å². The molecule has 0 radical (unpaired) electrons. The van der Waals surface area contributed by atoms with Crippen molar-refractivity contribution in [3.8, 4) is 5.75 Å². The van der Waals surface area contributed by atoms with E-state index in [1.165, 1.54) is 0 Å². The monoisotopic (exact) mass is 427 g/mol. The van der Waals surface area contributed by atoms with Crippen LogP contribution >= 0.6 is 0 Å². The minimum absolute atomic E-state index is 0.0349. The van der Waals surface area contributed by atoms with Gasteiger partial charge in [0.15, 0.2) is 5.89 Å². The summed E-state index contributed by atoms with van der Waals surface area (Å²) in [5.74, 6) is 2.37. The van der Waals surface area contributed by atoms with Gasteiger partial charge in [0.05, 0.1) is 19.2 Å². The Morgan fingerprint density at radius 3 is 2.88 bits per heavy atom. The third-order valence-electron chi connectivity index (χ3n) is 6.06. The third kappa shape index (κ3) is 3.96. The van der Waals surface area contributed by atoms with Crippen LogP contribution in [0.2, 0.25) is 0 Å². The van der Waals surface area contributed by atoms with Gasteiger partial charge in [0.25, 0.3) is 5.91 Å². The number of methoxy groups -OCH3 is 1. The van der Waals surface area contributed by atoms with Crippen LogP contribution in [0.15, 0.2) is 71.4 Å². The molecule has 1 atom stereocenters. The topological polar surface area (TPSA) is 68.5 Å². The number of aromatic nitrogens is 2. The lowest BCUT2D eigenvalue weighted by molar-refractivity contribution is 0.0694. The summed E-state index contributed by atoms with van der Waals surface area (Å²) in [6.45, 7) is 1.30. The number of hydrogen-bond donors (Lipinski definition) is 0. The van der Waals surface area contributed by atoms with E-state index in [9.17, 15) is 4.79 Å². The van der Waals surface area contributed by atoms with E-state index in [2.05, 4.69) is 9.97 Å². The van der Waals surface area contributed by atoms with Gasteiger partial charge in [0.2, 0.25) is 0 Å². The smallest absolute Gasteiger partial charge is 0.273 e. The number of pyridine rings is 1. The number of ether oxygens (including phenoxy) is 1. The Hall–Kier alpha value is -3.67. The highest BCUT2D eigenvalue weighted by atomic mass is 16.5. The SMILES string of the molecule is COc1ccccc1Cc1cnc(C2CCCN(C(=O)c3nccc4ccccc34)C2)o1. The van der Waals surface area contributed by atoms with E-state index < -0.39 is 0 Å². The van der Waals surface area contributed by atoms with Crippen LogP contribution in [-0.2, 0) is 6.42 Å². The summed E-state index contributed by atoms with van der Waals surface area (Å²) in [7, 11) is 1.67. The summed E-state index contributed by atoms with van der Waals surface area (Å²) in [6, 6.07) is 17.7. The van der Waals surface area contributed by atoms with Gasteiger partial charge in [-0.1, -0.05) is 42.5 Å². The lowest BCUT2D eigenvalue weighted by Crippen LogP contribution is -2.39. The summed E-state index contributed by atoms with van der Waals surface area (Å²) in [5.41, 5.74) is 1.56. The van der Waals surface area contributed by atoms with E-state index >= 15 is 0 Å². The number of amides is 1. The second-order valence-electron chi connectivity index (χ2n) is 8.12. The third-order valence-corrected chi connectivity index (χ3v) is 6.06. The van der Waals surface area contributed by atoms with Crippen LogP contribution in [-0.4, -0.2) is 41.0 Å². The van der Waals surface area contributed by atoms with E-state index in [1.807, 2.05) is 59.5 Å². The molecule has 6 nitrogen and oxygen atoms in total. The minimum Gasteiger partial charge on any atom is -0.496 e. The van der Waals surface area contributed by atoms with E-state index in [0.29, 0.717) is 24.6 Å². The first kappa shape index (κ1) is 20.2. The second kappa shape index (κ2) is 8.83. The molecule has 1 aliphatic heterocycles. The van der Waals surface area contributed by atoms with E-state index in [0.717, 1.165) is 47.2 Å². The van der Waals surface area contributed by atoms with Gasteiger partial charge in [-0.3, -0.25) is 9.78 Å². The highest BCUT2D eigenvalue weighted by Gasteiger charge is 2.29. The Balaban J connectivity index is 1.33. The fourth-order valence-electron chi connectivity index (χ4n) is 4.43. The molecular formula is C26H25N3O3. The minimum atomic E-state index is -0.0349. The first-order valence-corrected chi connectivity index (χ1v) is 10.9. The molecule has 1 unspecified atom stereocenters. The van der Waals surface area contributed by atoms with Gasteiger partial charge < -0.3 is 14.1 Å². The molecule has 162 valence electrons. The number of carbonyl (C=O) groups excluding carboxylic acids is 1. The zero-order valence-electron chi connectivity index (χ0n) is 18.0. The van der Waals surface area contributed by atoms with Crippen molar-refractivity contribution >= 4 is 16.7 Å². The van der Waals surface area contributed by atoms with E-state index in [4.69, 9.17) is 9.15 Å². The van der Waals surface area contributed by atoms with Crippen LogP contribution in [0.3, 0.4) is 0 Å². The Labute approximate surface area is 186 Å². The molecule has 5 rings (SSSR count). The van der Waals surface area contributed by atoms with Crippen molar-refractivity contribution in [2.75, 3.05) is 20.2 Å². The molecule has 0 bridgehead atoms. The molecule has 1 aliphatic rings. The van der Waals surface area contributed by atoms with Crippen molar-refractivity contribution in [1.29, 1.82) is 0 Å². The molecule has 1 fully saturated rings. The molecule has 0 saturated carbocycles. The first-order valence-electron chi connectivity index (χ1n) is 10.9. The van der Waals surface area contributed by atoms with Gasteiger partial charge in [-0.25, -0.2) is 4.98 Å². The predicted molar refractivity (Wildman–Crippen MR) is 122 cm³/mol. The standard InChI is InChI=1S/C26H25N3O3/c1-31-23-11-5-3-8-19(23)15-21-16-28-25(32-21)20-9-6-14-29(17-20)26(30)24-22-10-4-2-7-18(22)12-13-27-24/h2-5,7-8,10-13,16,20H,6,9,14-15,17H2,1H3. The van der Waals surface area contributed by atoms with Crippen molar-refractivity contribution in [1.82, 2.24) is 14.9 Å². The zero-order chi connectivity index (χ0) is 21.9. The molecule has 3 heterocycles. The molecule has 1 amide bonds. The number of fused-ring (bicyclic) bond motifs is 1. The molecule has 2 aromatic heterocycles. The summed E-state index contributed by atoms with van der Waals surface area (Å²) in [5, 5.41) is 1.91. The molecule has 0 aliphatic carbocycles. The van der Waals surface area contributed by atoms with Gasteiger partial charge in [-0.15, -0.1) is 0 Å². The van der Waals surface area contributed by atoms with Gasteiger partial charge >= 0.3 is 0 Å². The summed E-state index contributed by atoms with van der Waals surface area (Å²) < 4.78 is 11.6. The summed E-state index contributed by atoms with van der Waals surface area (Å²) >= 11 is 0. The number of nitrogens with zero attached hydrogens (tertiary/aromatic N) is 3. The van der Waals surface area contributed by atoms with Crippen LogP contribution in [0.25, 0.3) is 10.8 Å². The second-order valence-corrected chi connectivity index (χ2v) is 8.12. The lowest BCUT2D eigenvalue weighted by atomic mass is 9.97. The molecule has 2 aromatic carbocycles. The summed E-state index contributed by atoms with van der Waals surface area (Å²) in [4.78, 5) is 24.1. The average molecular weight is 428 g/mol. The number of oxazole rings is 1. The van der Waals surface area contributed by atoms with E-state index in [-0.39, 0.29) is 11.8 Å². The maximum absolute atomic E-state index is 13.3. The fraction of sp³-hybridized carbons (Fsp3) is 0.269. The maximum Gasteiger partial charge on any atom is 0.273 e. The molecule has 4 aromatic rings. The summed E-state index contributed by atoms with van der Waals surface area (Å²) in [6.07, 6.45) is 5.96. The molecule has 1 saturated heterocycles.